The molecule has 134 valence electrons. The summed E-state index contributed by atoms with van der Waals surface area (Å²) in [4.78, 5) is 15.8. The Kier molecular flexibility index (Phi) is 4.63. The predicted molar refractivity (Wildman–Crippen MR) is 105 cm³/mol. The molecule has 2 N–H and O–H groups in total. The van der Waals surface area contributed by atoms with Crippen molar-refractivity contribution in [3.63, 3.8) is 0 Å². The SMILES string of the molecule is O=Nc1cc(-c2nc3ccccc3o2)ccc1NC(CO)c1ccccc1. The summed E-state index contributed by atoms with van der Waals surface area (Å²) in [6, 6.07) is 21.8. The van der Waals surface area contributed by atoms with Gasteiger partial charge in [0.1, 0.15) is 11.2 Å². The molecular weight excluding hydrogens is 342 g/mol. The van der Waals surface area contributed by atoms with Crippen LogP contribution in [0.25, 0.3) is 22.6 Å². The smallest absolute Gasteiger partial charge is 0.227 e. The number of para-hydroxylation sites is 2. The maximum absolute atomic E-state index is 11.4. The van der Waals surface area contributed by atoms with Gasteiger partial charge in [0.2, 0.25) is 5.89 Å². The summed E-state index contributed by atoms with van der Waals surface area (Å²) in [5.41, 5.74) is 3.77. The highest BCUT2D eigenvalue weighted by Crippen LogP contribution is 2.34. The van der Waals surface area contributed by atoms with E-state index in [2.05, 4.69) is 15.5 Å². The quantitative estimate of drug-likeness (QED) is 0.471. The van der Waals surface area contributed by atoms with Gasteiger partial charge in [-0.2, -0.15) is 0 Å². The molecule has 1 atom stereocenters. The molecule has 1 heterocycles. The molecule has 0 saturated heterocycles. The van der Waals surface area contributed by atoms with Crippen LogP contribution >= 0.6 is 0 Å². The average molecular weight is 359 g/mol. The zero-order chi connectivity index (χ0) is 18.6. The van der Waals surface area contributed by atoms with E-state index in [0.717, 1.165) is 11.1 Å². The molecule has 0 aliphatic rings. The van der Waals surface area contributed by atoms with Crippen LogP contribution in [0.15, 0.2) is 82.4 Å². The van der Waals surface area contributed by atoms with Crippen molar-refractivity contribution in [3.05, 3.63) is 83.3 Å². The van der Waals surface area contributed by atoms with Crippen LogP contribution in [-0.2, 0) is 0 Å². The van der Waals surface area contributed by atoms with Gasteiger partial charge in [-0.3, -0.25) is 0 Å². The Morgan fingerprint density at radius 1 is 1.04 bits per heavy atom. The van der Waals surface area contributed by atoms with E-state index >= 15 is 0 Å². The number of oxazole rings is 1. The van der Waals surface area contributed by atoms with Gasteiger partial charge in [-0.25, -0.2) is 4.98 Å². The van der Waals surface area contributed by atoms with Gasteiger partial charge in [-0.1, -0.05) is 42.5 Å². The first-order valence-electron chi connectivity index (χ1n) is 8.54. The van der Waals surface area contributed by atoms with Gasteiger partial charge < -0.3 is 14.8 Å². The predicted octanol–water partition coefficient (Wildman–Crippen LogP) is 5.04. The Bertz CT molecular complexity index is 1040. The second-order valence-corrected chi connectivity index (χ2v) is 6.10. The van der Waals surface area contributed by atoms with Gasteiger partial charge in [0.15, 0.2) is 5.58 Å². The van der Waals surface area contributed by atoms with E-state index in [1.165, 1.54) is 0 Å². The lowest BCUT2D eigenvalue weighted by atomic mass is 10.1. The van der Waals surface area contributed by atoms with Crippen molar-refractivity contribution in [2.24, 2.45) is 5.18 Å². The van der Waals surface area contributed by atoms with Crippen LogP contribution in [0.3, 0.4) is 0 Å². The van der Waals surface area contributed by atoms with Crippen LogP contribution in [0.2, 0.25) is 0 Å². The molecule has 4 rings (SSSR count). The van der Waals surface area contributed by atoms with Gasteiger partial charge in [0, 0.05) is 5.56 Å². The highest BCUT2D eigenvalue weighted by atomic mass is 16.3. The molecule has 4 aromatic rings. The minimum Gasteiger partial charge on any atom is -0.436 e. The summed E-state index contributed by atoms with van der Waals surface area (Å²) < 4.78 is 5.75. The zero-order valence-corrected chi connectivity index (χ0v) is 14.4. The van der Waals surface area contributed by atoms with Gasteiger partial charge >= 0.3 is 0 Å². The fourth-order valence-corrected chi connectivity index (χ4v) is 2.97. The second-order valence-electron chi connectivity index (χ2n) is 6.10. The summed E-state index contributed by atoms with van der Waals surface area (Å²) in [5, 5.41) is 16.0. The van der Waals surface area contributed by atoms with Crippen LogP contribution in [0.1, 0.15) is 11.6 Å². The van der Waals surface area contributed by atoms with E-state index in [9.17, 15) is 10.0 Å². The summed E-state index contributed by atoms with van der Waals surface area (Å²) >= 11 is 0. The summed E-state index contributed by atoms with van der Waals surface area (Å²) in [5.74, 6) is 0.425. The molecule has 0 fully saturated rings. The summed E-state index contributed by atoms with van der Waals surface area (Å²) in [6.07, 6.45) is 0. The molecule has 0 radical (unpaired) electrons. The van der Waals surface area contributed by atoms with E-state index < -0.39 is 0 Å². The van der Waals surface area contributed by atoms with Crippen molar-refractivity contribution in [1.29, 1.82) is 0 Å². The Labute approximate surface area is 155 Å². The molecule has 27 heavy (non-hydrogen) atoms. The standard InChI is InChI=1S/C21H17N3O3/c25-13-19(14-6-2-1-3-7-14)22-16-11-10-15(12-18(16)24-26)21-23-17-8-4-5-9-20(17)27-21/h1-12,19,22,25H,13H2. The Hall–Kier alpha value is -3.51. The zero-order valence-electron chi connectivity index (χ0n) is 14.4. The van der Waals surface area contributed by atoms with Gasteiger partial charge in [-0.15, -0.1) is 4.91 Å². The molecule has 1 aromatic heterocycles. The highest BCUT2D eigenvalue weighted by molar-refractivity contribution is 5.78. The molecule has 0 aliphatic carbocycles. The molecule has 0 spiro atoms. The van der Waals surface area contributed by atoms with Crippen molar-refractivity contribution in [2.45, 2.75) is 6.04 Å². The molecule has 6 heteroatoms. The van der Waals surface area contributed by atoms with E-state index in [-0.39, 0.29) is 18.3 Å². The molecule has 0 aliphatic heterocycles. The van der Waals surface area contributed by atoms with Crippen molar-refractivity contribution < 1.29 is 9.52 Å². The van der Waals surface area contributed by atoms with E-state index in [0.29, 0.717) is 22.7 Å². The number of hydrogen-bond donors (Lipinski definition) is 2. The lowest BCUT2D eigenvalue weighted by Crippen LogP contribution is -2.14. The van der Waals surface area contributed by atoms with Crippen LogP contribution in [0.5, 0.6) is 0 Å². The monoisotopic (exact) mass is 359 g/mol. The van der Waals surface area contributed by atoms with Crippen molar-refractivity contribution in [1.82, 2.24) is 4.98 Å². The fourth-order valence-electron chi connectivity index (χ4n) is 2.97. The lowest BCUT2D eigenvalue weighted by Gasteiger charge is -2.19. The van der Waals surface area contributed by atoms with Gasteiger partial charge in [0.05, 0.1) is 18.3 Å². The number of fused-ring (bicyclic) bond motifs is 1. The van der Waals surface area contributed by atoms with Crippen molar-refractivity contribution in [3.8, 4) is 11.5 Å². The number of aliphatic hydroxyl groups excluding tert-OH is 1. The van der Waals surface area contributed by atoms with Crippen LogP contribution < -0.4 is 5.32 Å². The van der Waals surface area contributed by atoms with Crippen LogP contribution in [-0.4, -0.2) is 16.7 Å². The van der Waals surface area contributed by atoms with Crippen LogP contribution in [0.4, 0.5) is 11.4 Å². The van der Waals surface area contributed by atoms with Crippen LogP contribution in [0, 0.1) is 4.91 Å². The second kappa shape index (κ2) is 7.39. The number of anilines is 1. The normalized spacial score (nSPS) is 12.0. The maximum atomic E-state index is 11.4. The van der Waals surface area contributed by atoms with Gasteiger partial charge in [-0.05, 0) is 41.1 Å². The molecule has 0 bridgehead atoms. The third-order valence-electron chi connectivity index (χ3n) is 4.35. The Morgan fingerprint density at radius 3 is 2.56 bits per heavy atom. The summed E-state index contributed by atoms with van der Waals surface area (Å²) in [6.45, 7) is -0.116. The van der Waals surface area contributed by atoms with E-state index in [1.807, 2.05) is 54.6 Å². The van der Waals surface area contributed by atoms with Gasteiger partial charge in [0.25, 0.3) is 0 Å². The lowest BCUT2D eigenvalue weighted by molar-refractivity contribution is 0.276. The molecule has 1 unspecified atom stereocenters. The van der Waals surface area contributed by atoms with Crippen molar-refractivity contribution >= 4 is 22.5 Å². The number of aliphatic hydroxyl groups is 1. The number of nitrogens with one attached hydrogen (secondary N) is 1. The Morgan fingerprint density at radius 2 is 1.81 bits per heavy atom. The number of nitrogens with zero attached hydrogens (tertiary/aromatic N) is 2. The molecule has 3 aromatic carbocycles. The minimum atomic E-state index is -0.345. The minimum absolute atomic E-state index is 0.116. The average Bonchev–Trinajstić information content (AvgIpc) is 3.17. The Balaban J connectivity index is 1.66. The number of hydrogen-bond acceptors (Lipinski definition) is 6. The first-order chi connectivity index (χ1) is 13.3. The number of aromatic nitrogens is 1. The van der Waals surface area contributed by atoms with E-state index in [4.69, 9.17) is 4.42 Å². The first kappa shape index (κ1) is 16.9. The highest BCUT2D eigenvalue weighted by Gasteiger charge is 2.15. The molecule has 0 amide bonds. The van der Waals surface area contributed by atoms with Crippen molar-refractivity contribution in [2.75, 3.05) is 11.9 Å². The van der Waals surface area contributed by atoms with E-state index in [1.54, 1.807) is 18.2 Å². The maximum Gasteiger partial charge on any atom is 0.227 e. The molecular formula is C21H17N3O3. The third kappa shape index (κ3) is 3.43. The number of benzene rings is 3. The molecule has 0 saturated carbocycles. The fraction of sp³-hybridized carbons (Fsp3) is 0.0952. The largest absolute Gasteiger partial charge is 0.436 e. The molecule has 6 nitrogen and oxygen atoms in total. The number of nitroso groups, excluding NO2 is 1. The topological polar surface area (TPSA) is 87.7 Å². The first-order valence-corrected chi connectivity index (χ1v) is 8.54. The number of rotatable bonds is 6. The third-order valence-corrected chi connectivity index (χ3v) is 4.35. The summed E-state index contributed by atoms with van der Waals surface area (Å²) in [7, 11) is 0.